The number of rotatable bonds is 7. The van der Waals surface area contributed by atoms with E-state index in [1.165, 1.54) is 11.3 Å². The van der Waals surface area contributed by atoms with Gasteiger partial charge >= 0.3 is 0 Å². The quantitative estimate of drug-likeness (QED) is 0.748. The Labute approximate surface area is 134 Å². The molecule has 1 heterocycles. The minimum absolute atomic E-state index is 0.497. The monoisotopic (exact) mass is 377 g/mol. The molecule has 0 atom stereocenters. The van der Waals surface area contributed by atoms with Crippen molar-refractivity contribution in [3.63, 3.8) is 0 Å². The fraction of sp³-hybridized carbons (Fsp3) is 0.333. The number of hydrogen-bond donors (Lipinski definition) is 1. The van der Waals surface area contributed by atoms with E-state index in [0.29, 0.717) is 29.1 Å². The number of ether oxygens (including phenoxy) is 2. The van der Waals surface area contributed by atoms with E-state index in [9.17, 15) is 0 Å². The first-order chi connectivity index (χ1) is 9.69. The van der Waals surface area contributed by atoms with Crippen LogP contribution < -0.4 is 10.1 Å². The molecule has 108 valence electrons. The van der Waals surface area contributed by atoms with Gasteiger partial charge in [-0.2, -0.15) is 0 Å². The van der Waals surface area contributed by atoms with Gasteiger partial charge < -0.3 is 14.8 Å². The Morgan fingerprint density at radius 1 is 1.40 bits per heavy atom. The van der Waals surface area contributed by atoms with Crippen LogP contribution in [0.15, 0.2) is 22.7 Å². The zero-order chi connectivity index (χ0) is 14.4. The zero-order valence-corrected chi connectivity index (χ0v) is 13.9. The van der Waals surface area contributed by atoms with Crippen molar-refractivity contribution in [2.75, 3.05) is 20.3 Å². The molecule has 0 amide bonds. The van der Waals surface area contributed by atoms with E-state index in [1.807, 2.05) is 0 Å². The van der Waals surface area contributed by atoms with Gasteiger partial charge in [0.1, 0.15) is 10.8 Å². The third-order valence-corrected chi connectivity index (χ3v) is 3.95. The third kappa shape index (κ3) is 4.68. The van der Waals surface area contributed by atoms with Crippen molar-refractivity contribution in [1.29, 1.82) is 0 Å². The second kappa shape index (κ2) is 7.90. The van der Waals surface area contributed by atoms with E-state index in [0.717, 1.165) is 16.0 Å². The van der Waals surface area contributed by atoms with E-state index in [1.54, 1.807) is 25.3 Å². The number of aromatic nitrogens is 2. The van der Waals surface area contributed by atoms with Gasteiger partial charge in [-0.1, -0.05) is 28.0 Å². The largest absolute Gasteiger partial charge is 0.429 e. The number of halogens is 2. The summed E-state index contributed by atoms with van der Waals surface area (Å²) in [6.45, 7) is 2.08. The first-order valence-electron chi connectivity index (χ1n) is 5.84. The molecule has 0 unspecified atom stereocenters. The van der Waals surface area contributed by atoms with Crippen molar-refractivity contribution in [1.82, 2.24) is 15.5 Å². The van der Waals surface area contributed by atoms with Crippen LogP contribution in [0.5, 0.6) is 10.9 Å². The Morgan fingerprint density at radius 2 is 2.25 bits per heavy atom. The topological polar surface area (TPSA) is 56.3 Å². The molecule has 0 saturated carbocycles. The SMILES string of the molecule is COCCNCc1nnc(Oc2ccc(Cl)cc2Br)s1. The van der Waals surface area contributed by atoms with Gasteiger partial charge in [-0.3, -0.25) is 0 Å². The number of benzene rings is 1. The number of methoxy groups -OCH3 is 1. The highest BCUT2D eigenvalue weighted by molar-refractivity contribution is 9.10. The summed E-state index contributed by atoms with van der Waals surface area (Å²) >= 11 is 10.7. The minimum Gasteiger partial charge on any atom is -0.429 e. The van der Waals surface area contributed by atoms with Gasteiger partial charge in [-0.15, -0.1) is 5.10 Å². The molecule has 0 aliphatic rings. The lowest BCUT2D eigenvalue weighted by Crippen LogP contribution is -2.18. The molecule has 0 aliphatic heterocycles. The van der Waals surface area contributed by atoms with E-state index >= 15 is 0 Å². The Bertz CT molecular complexity index is 567. The maximum absolute atomic E-state index is 5.88. The fourth-order valence-electron chi connectivity index (χ4n) is 1.37. The lowest BCUT2D eigenvalue weighted by molar-refractivity contribution is 0.199. The van der Waals surface area contributed by atoms with Crippen molar-refractivity contribution in [2.24, 2.45) is 0 Å². The Hall–Kier alpha value is -0.730. The maximum Gasteiger partial charge on any atom is 0.299 e. The smallest absolute Gasteiger partial charge is 0.299 e. The lowest BCUT2D eigenvalue weighted by Gasteiger charge is -2.03. The molecule has 1 N–H and O–H groups in total. The normalized spacial score (nSPS) is 10.8. The number of nitrogens with one attached hydrogen (secondary N) is 1. The fourth-order valence-corrected chi connectivity index (χ4v) is 2.81. The second-order valence-corrected chi connectivity index (χ2v) is 6.12. The van der Waals surface area contributed by atoms with Crippen molar-refractivity contribution < 1.29 is 9.47 Å². The molecule has 0 saturated heterocycles. The Balaban J connectivity index is 1.92. The van der Waals surface area contributed by atoms with Gasteiger partial charge in [0, 0.05) is 25.2 Å². The van der Waals surface area contributed by atoms with Crippen LogP contribution in [0.2, 0.25) is 5.02 Å². The van der Waals surface area contributed by atoms with E-state index < -0.39 is 0 Å². The summed E-state index contributed by atoms with van der Waals surface area (Å²) in [4.78, 5) is 0. The highest BCUT2D eigenvalue weighted by atomic mass is 79.9. The standard InChI is InChI=1S/C12H13BrClN3O2S/c1-18-5-4-15-7-11-16-17-12(20-11)19-10-3-2-8(14)6-9(10)13/h2-3,6,15H,4-5,7H2,1H3. The highest BCUT2D eigenvalue weighted by Crippen LogP contribution is 2.32. The molecule has 0 aliphatic carbocycles. The Kier molecular flexibility index (Phi) is 6.18. The van der Waals surface area contributed by atoms with Gasteiger partial charge in [0.25, 0.3) is 5.19 Å². The lowest BCUT2D eigenvalue weighted by atomic mass is 10.3. The molecule has 2 rings (SSSR count). The van der Waals surface area contributed by atoms with Crippen LogP contribution >= 0.6 is 38.9 Å². The van der Waals surface area contributed by atoms with Crippen LogP contribution in [0.25, 0.3) is 0 Å². The second-order valence-electron chi connectivity index (χ2n) is 3.81. The first kappa shape index (κ1) is 15.7. The molecule has 1 aromatic heterocycles. The summed E-state index contributed by atoms with van der Waals surface area (Å²) in [6.07, 6.45) is 0. The summed E-state index contributed by atoms with van der Waals surface area (Å²) in [6, 6.07) is 5.31. The molecule has 2 aromatic rings. The predicted molar refractivity (Wildman–Crippen MR) is 82.7 cm³/mol. The molecule has 0 spiro atoms. The molecule has 0 fully saturated rings. The van der Waals surface area contributed by atoms with Crippen molar-refractivity contribution >= 4 is 38.9 Å². The summed E-state index contributed by atoms with van der Waals surface area (Å²) in [5.41, 5.74) is 0. The van der Waals surface area contributed by atoms with Gasteiger partial charge in [0.15, 0.2) is 0 Å². The summed E-state index contributed by atoms with van der Waals surface area (Å²) < 4.78 is 11.4. The van der Waals surface area contributed by atoms with Crippen LogP contribution in [-0.4, -0.2) is 30.5 Å². The van der Waals surface area contributed by atoms with Crippen molar-refractivity contribution in [3.05, 3.63) is 32.7 Å². The van der Waals surface area contributed by atoms with Crippen LogP contribution in [0.1, 0.15) is 5.01 Å². The summed E-state index contributed by atoms with van der Waals surface area (Å²) in [7, 11) is 1.67. The predicted octanol–water partition coefficient (Wildman–Crippen LogP) is 3.48. The molecular formula is C12H13BrClN3O2S. The molecule has 0 bridgehead atoms. The van der Waals surface area contributed by atoms with E-state index in [4.69, 9.17) is 21.1 Å². The van der Waals surface area contributed by atoms with Crippen LogP contribution in [0.4, 0.5) is 0 Å². The summed E-state index contributed by atoms with van der Waals surface area (Å²) in [5, 5.41) is 13.3. The van der Waals surface area contributed by atoms with Crippen LogP contribution in [-0.2, 0) is 11.3 Å². The molecular weight excluding hydrogens is 366 g/mol. The molecule has 1 aromatic carbocycles. The maximum atomic E-state index is 5.88. The van der Waals surface area contributed by atoms with Crippen LogP contribution in [0.3, 0.4) is 0 Å². The first-order valence-corrected chi connectivity index (χ1v) is 7.82. The minimum atomic E-state index is 0.497. The van der Waals surface area contributed by atoms with E-state index in [-0.39, 0.29) is 0 Å². The average Bonchev–Trinajstić information content (AvgIpc) is 2.86. The molecule has 0 radical (unpaired) electrons. The highest BCUT2D eigenvalue weighted by Gasteiger charge is 2.08. The average molecular weight is 379 g/mol. The van der Waals surface area contributed by atoms with Crippen molar-refractivity contribution in [2.45, 2.75) is 6.54 Å². The Morgan fingerprint density at radius 3 is 3.00 bits per heavy atom. The third-order valence-electron chi connectivity index (χ3n) is 2.30. The van der Waals surface area contributed by atoms with Crippen molar-refractivity contribution in [3.8, 4) is 10.9 Å². The number of hydrogen-bond acceptors (Lipinski definition) is 6. The van der Waals surface area contributed by atoms with E-state index in [2.05, 4.69) is 31.4 Å². The molecule has 8 heteroatoms. The van der Waals surface area contributed by atoms with Gasteiger partial charge in [0.2, 0.25) is 0 Å². The van der Waals surface area contributed by atoms with Gasteiger partial charge in [0.05, 0.1) is 11.1 Å². The molecule has 5 nitrogen and oxygen atoms in total. The summed E-state index contributed by atoms with van der Waals surface area (Å²) in [5.74, 6) is 0.657. The molecule has 20 heavy (non-hydrogen) atoms. The number of nitrogens with zero attached hydrogens (tertiary/aromatic N) is 2. The zero-order valence-electron chi connectivity index (χ0n) is 10.7. The van der Waals surface area contributed by atoms with Crippen LogP contribution in [0, 0.1) is 0 Å². The van der Waals surface area contributed by atoms with Gasteiger partial charge in [-0.05, 0) is 34.1 Å². The van der Waals surface area contributed by atoms with Gasteiger partial charge in [-0.25, -0.2) is 0 Å².